The highest BCUT2D eigenvalue weighted by atomic mass is 19.1. The van der Waals surface area contributed by atoms with Gasteiger partial charge >= 0.3 is 6.09 Å². The topological polar surface area (TPSA) is 90.5 Å². The van der Waals surface area contributed by atoms with Gasteiger partial charge in [0.15, 0.2) is 5.82 Å². The summed E-state index contributed by atoms with van der Waals surface area (Å²) in [5, 5.41) is 17.5. The second-order valence-corrected chi connectivity index (χ2v) is 8.54. The van der Waals surface area contributed by atoms with Gasteiger partial charge in [0.05, 0.1) is 5.69 Å². The van der Waals surface area contributed by atoms with E-state index in [4.69, 9.17) is 4.74 Å². The Bertz CT molecular complexity index is 1380. The minimum atomic E-state index is -1.39. The van der Waals surface area contributed by atoms with Crippen LogP contribution in [0.5, 0.6) is 0 Å². The summed E-state index contributed by atoms with van der Waals surface area (Å²) in [5.74, 6) is -3.26. The molecule has 4 aromatic rings. The van der Waals surface area contributed by atoms with Crippen LogP contribution >= 0.6 is 0 Å². The molecule has 6 nitrogen and oxygen atoms in total. The van der Waals surface area contributed by atoms with Crippen molar-refractivity contribution in [1.29, 1.82) is 0 Å². The van der Waals surface area contributed by atoms with Crippen LogP contribution in [-0.4, -0.2) is 12.1 Å². The van der Waals surface area contributed by atoms with Gasteiger partial charge < -0.3 is 20.0 Å². The van der Waals surface area contributed by atoms with E-state index in [1.807, 2.05) is 60.7 Å². The maximum atomic E-state index is 15.7. The molecule has 1 atom stereocenters. The number of carbonyl (C=O) groups is 2. The number of ether oxygens (including phenoxy) is 1. The van der Waals surface area contributed by atoms with Crippen LogP contribution in [0.25, 0.3) is 11.1 Å². The number of amides is 1. The van der Waals surface area contributed by atoms with Gasteiger partial charge in [-0.2, -0.15) is 0 Å². The third-order valence-electron chi connectivity index (χ3n) is 5.92. The highest BCUT2D eigenvalue weighted by Gasteiger charge is 2.21. The number of carboxylic acids is 1. The number of rotatable bonds is 9. The molecular weight excluding hydrogens is 471 g/mol. The van der Waals surface area contributed by atoms with Gasteiger partial charge in [0, 0.05) is 29.7 Å². The van der Waals surface area contributed by atoms with Crippen LogP contribution in [0, 0.1) is 5.82 Å². The zero-order chi connectivity index (χ0) is 26.2. The number of hydrogen-bond acceptors (Lipinski definition) is 5. The summed E-state index contributed by atoms with van der Waals surface area (Å²) in [6.45, 7) is 1.88. The smallest absolute Gasteiger partial charge is 0.411 e. The summed E-state index contributed by atoms with van der Waals surface area (Å²) in [5.41, 5.74) is 3.35. The van der Waals surface area contributed by atoms with Crippen LogP contribution in [0.4, 0.5) is 20.6 Å². The molecule has 0 heterocycles. The van der Waals surface area contributed by atoms with Gasteiger partial charge in [-0.1, -0.05) is 85.8 Å². The summed E-state index contributed by atoms with van der Waals surface area (Å²) in [6, 6.07) is 28.7. The lowest BCUT2D eigenvalue weighted by atomic mass is 9.90. The third-order valence-corrected chi connectivity index (χ3v) is 5.92. The Kier molecular flexibility index (Phi) is 8.15. The van der Waals surface area contributed by atoms with Gasteiger partial charge in [0.2, 0.25) is 0 Å². The number of benzene rings is 4. The first-order valence-electron chi connectivity index (χ1n) is 11.8. The maximum absolute atomic E-state index is 15.7. The highest BCUT2D eigenvalue weighted by Crippen LogP contribution is 2.36. The van der Waals surface area contributed by atoms with Crippen molar-refractivity contribution in [2.75, 3.05) is 10.6 Å². The summed E-state index contributed by atoms with van der Waals surface area (Å²) in [6.07, 6.45) is -0.643. The molecule has 4 aromatic carbocycles. The highest BCUT2D eigenvalue weighted by molar-refractivity contribution is 5.87. The van der Waals surface area contributed by atoms with E-state index in [2.05, 4.69) is 10.6 Å². The minimum absolute atomic E-state index is 0.00173. The zero-order valence-electron chi connectivity index (χ0n) is 20.2. The van der Waals surface area contributed by atoms with E-state index in [-0.39, 0.29) is 17.9 Å². The molecule has 0 aliphatic heterocycles. The lowest BCUT2D eigenvalue weighted by molar-refractivity contribution is -0.307. The molecule has 0 saturated carbocycles. The molecule has 4 rings (SSSR count). The van der Waals surface area contributed by atoms with E-state index in [9.17, 15) is 14.7 Å². The first-order chi connectivity index (χ1) is 17.9. The van der Waals surface area contributed by atoms with Crippen molar-refractivity contribution in [3.8, 4) is 11.1 Å². The summed E-state index contributed by atoms with van der Waals surface area (Å²) < 4.78 is 20.9. The van der Waals surface area contributed by atoms with Crippen LogP contribution in [0.1, 0.15) is 29.5 Å². The van der Waals surface area contributed by atoms with Crippen LogP contribution in [-0.2, 0) is 22.7 Å². The van der Waals surface area contributed by atoms with Crippen LogP contribution in [0.2, 0.25) is 0 Å². The molecule has 0 spiro atoms. The quantitative estimate of drug-likeness (QED) is 0.309. The number of carboxylic acid groups (broad SMARTS) is 1. The molecule has 1 amide bonds. The van der Waals surface area contributed by atoms with Gasteiger partial charge in [-0.15, -0.1) is 0 Å². The Morgan fingerprint density at radius 2 is 1.57 bits per heavy atom. The maximum Gasteiger partial charge on any atom is 0.411 e. The van der Waals surface area contributed by atoms with Crippen LogP contribution in [0.3, 0.4) is 0 Å². The SMILES string of the molecule is CC(C(=O)[O-])c1c(-c2cccc(NC(=O)OCc3ccccc3)c2)ccc(NCc2ccccc2)c1F. The largest absolute Gasteiger partial charge is 0.550 e. The van der Waals surface area contributed by atoms with Crippen molar-refractivity contribution in [3.63, 3.8) is 0 Å². The fourth-order valence-electron chi connectivity index (χ4n) is 3.96. The average molecular weight is 498 g/mol. The van der Waals surface area contributed by atoms with Crippen LogP contribution in [0.15, 0.2) is 97.1 Å². The molecule has 37 heavy (non-hydrogen) atoms. The van der Waals surface area contributed by atoms with Gasteiger partial charge in [-0.05, 0) is 40.5 Å². The number of aliphatic carboxylic acids is 1. The third kappa shape index (κ3) is 6.52. The predicted molar refractivity (Wildman–Crippen MR) is 139 cm³/mol. The Morgan fingerprint density at radius 3 is 2.24 bits per heavy atom. The Hall–Kier alpha value is -4.65. The first kappa shape index (κ1) is 25.4. The zero-order valence-corrected chi connectivity index (χ0v) is 20.2. The minimum Gasteiger partial charge on any atom is -0.550 e. The fraction of sp³-hybridized carbons (Fsp3) is 0.133. The summed E-state index contributed by atoms with van der Waals surface area (Å²) in [4.78, 5) is 24.1. The molecule has 0 saturated heterocycles. The van der Waals surface area contributed by atoms with E-state index in [1.165, 1.54) is 6.92 Å². The molecule has 1 unspecified atom stereocenters. The van der Waals surface area contributed by atoms with Crippen molar-refractivity contribution in [3.05, 3.63) is 120 Å². The van der Waals surface area contributed by atoms with Gasteiger partial charge in [0.1, 0.15) is 6.61 Å². The number of nitrogens with one attached hydrogen (secondary N) is 2. The van der Waals surface area contributed by atoms with E-state index < -0.39 is 23.8 Å². The number of hydrogen-bond donors (Lipinski definition) is 2. The number of halogens is 1. The Balaban J connectivity index is 1.57. The number of anilines is 2. The molecule has 0 aromatic heterocycles. The fourth-order valence-corrected chi connectivity index (χ4v) is 3.96. The standard InChI is InChI=1S/C30H27FN2O4/c1-20(29(34)35)27-25(15-16-26(28(27)31)32-18-21-9-4-2-5-10-21)23-13-8-14-24(17-23)33-30(36)37-19-22-11-6-3-7-12-22/h2-17,20,32H,18-19H2,1H3,(H,33,36)(H,34,35)/p-1. The average Bonchev–Trinajstić information content (AvgIpc) is 2.92. The summed E-state index contributed by atoms with van der Waals surface area (Å²) >= 11 is 0. The van der Waals surface area contributed by atoms with Gasteiger partial charge in [0.25, 0.3) is 0 Å². The van der Waals surface area contributed by atoms with E-state index in [0.29, 0.717) is 23.4 Å². The molecule has 2 N–H and O–H groups in total. The van der Waals surface area contributed by atoms with Crippen molar-refractivity contribution < 1.29 is 23.8 Å². The normalized spacial score (nSPS) is 11.4. The molecule has 188 valence electrons. The van der Waals surface area contributed by atoms with Crippen molar-refractivity contribution in [2.24, 2.45) is 0 Å². The van der Waals surface area contributed by atoms with E-state index >= 15 is 4.39 Å². The van der Waals surface area contributed by atoms with E-state index in [0.717, 1.165) is 11.1 Å². The monoisotopic (exact) mass is 497 g/mol. The second-order valence-electron chi connectivity index (χ2n) is 8.54. The second kappa shape index (κ2) is 11.9. The Morgan fingerprint density at radius 1 is 0.892 bits per heavy atom. The molecule has 7 heteroatoms. The van der Waals surface area contributed by atoms with Crippen molar-refractivity contribution in [2.45, 2.75) is 26.0 Å². The number of carbonyl (C=O) groups excluding carboxylic acids is 2. The predicted octanol–water partition coefficient (Wildman–Crippen LogP) is 5.71. The lowest BCUT2D eigenvalue weighted by Crippen LogP contribution is -2.29. The molecule has 0 aliphatic rings. The summed E-state index contributed by atoms with van der Waals surface area (Å²) in [7, 11) is 0. The molecule has 0 fully saturated rings. The first-order valence-corrected chi connectivity index (χ1v) is 11.8. The molecule has 0 bridgehead atoms. The van der Waals surface area contributed by atoms with E-state index in [1.54, 1.807) is 36.4 Å². The Labute approximate surface area is 214 Å². The lowest BCUT2D eigenvalue weighted by Gasteiger charge is -2.21. The molecule has 0 radical (unpaired) electrons. The van der Waals surface area contributed by atoms with Gasteiger partial charge in [-0.3, -0.25) is 5.32 Å². The van der Waals surface area contributed by atoms with Crippen LogP contribution < -0.4 is 15.7 Å². The van der Waals surface area contributed by atoms with Crippen molar-refractivity contribution >= 4 is 23.4 Å². The molecular formula is C30H26FN2O4-. The van der Waals surface area contributed by atoms with Gasteiger partial charge in [-0.25, -0.2) is 9.18 Å². The molecule has 0 aliphatic carbocycles. The van der Waals surface area contributed by atoms with Crippen molar-refractivity contribution in [1.82, 2.24) is 0 Å².